The van der Waals surface area contributed by atoms with E-state index in [1.807, 2.05) is 17.6 Å². The lowest BCUT2D eigenvalue weighted by Crippen LogP contribution is -2.21. The summed E-state index contributed by atoms with van der Waals surface area (Å²) in [7, 11) is 0. The van der Waals surface area contributed by atoms with Gasteiger partial charge in [0.1, 0.15) is 0 Å². The maximum atomic E-state index is 12.2. The molecule has 0 fully saturated rings. The largest absolute Gasteiger partial charge is 0.315 e. The molecule has 0 unspecified atom stereocenters. The fraction of sp³-hybridized carbons (Fsp3) is 0.417. The molecule has 6 heteroatoms. The van der Waals surface area contributed by atoms with E-state index in [-0.39, 0.29) is 5.56 Å². The SMILES string of the molecule is CCCn1c(-c2cccn(CC)c2=O)n[nH]c1=S. The summed E-state index contributed by atoms with van der Waals surface area (Å²) in [6.07, 6.45) is 2.72. The minimum Gasteiger partial charge on any atom is -0.315 e. The number of rotatable bonds is 4. The van der Waals surface area contributed by atoms with Gasteiger partial charge in [-0.15, -0.1) is 0 Å². The quantitative estimate of drug-likeness (QED) is 0.861. The highest BCUT2D eigenvalue weighted by Gasteiger charge is 2.12. The van der Waals surface area contributed by atoms with Crippen molar-refractivity contribution in [1.29, 1.82) is 0 Å². The van der Waals surface area contributed by atoms with Crippen molar-refractivity contribution < 1.29 is 0 Å². The molecule has 0 saturated carbocycles. The molecule has 0 bridgehead atoms. The number of aromatic nitrogens is 4. The summed E-state index contributed by atoms with van der Waals surface area (Å²) >= 11 is 5.18. The molecule has 2 heterocycles. The number of aromatic amines is 1. The molecule has 2 rings (SSSR count). The average molecular weight is 264 g/mol. The second-order valence-corrected chi connectivity index (χ2v) is 4.40. The lowest BCUT2D eigenvalue weighted by atomic mass is 10.2. The van der Waals surface area contributed by atoms with Gasteiger partial charge in [0.05, 0.1) is 5.56 Å². The van der Waals surface area contributed by atoms with Gasteiger partial charge >= 0.3 is 0 Å². The number of pyridine rings is 1. The molecule has 18 heavy (non-hydrogen) atoms. The maximum absolute atomic E-state index is 12.2. The van der Waals surface area contributed by atoms with Crippen molar-refractivity contribution in [2.45, 2.75) is 33.4 Å². The number of hydrogen-bond donors (Lipinski definition) is 1. The highest BCUT2D eigenvalue weighted by Crippen LogP contribution is 2.13. The lowest BCUT2D eigenvalue weighted by Gasteiger charge is -2.07. The van der Waals surface area contributed by atoms with E-state index >= 15 is 0 Å². The number of aryl methyl sites for hydroxylation is 1. The first-order valence-corrected chi connectivity index (χ1v) is 6.44. The van der Waals surface area contributed by atoms with Gasteiger partial charge in [-0.2, -0.15) is 5.10 Å². The van der Waals surface area contributed by atoms with Crippen LogP contribution in [0.2, 0.25) is 0 Å². The van der Waals surface area contributed by atoms with Crippen molar-refractivity contribution in [3.63, 3.8) is 0 Å². The Morgan fingerprint density at radius 3 is 2.89 bits per heavy atom. The third-order valence-electron chi connectivity index (χ3n) is 2.81. The molecule has 96 valence electrons. The van der Waals surface area contributed by atoms with Crippen LogP contribution in [0.4, 0.5) is 0 Å². The molecule has 1 N–H and O–H groups in total. The van der Waals surface area contributed by atoms with Crippen LogP contribution in [0.3, 0.4) is 0 Å². The zero-order valence-corrected chi connectivity index (χ0v) is 11.3. The van der Waals surface area contributed by atoms with Crippen LogP contribution in [0.25, 0.3) is 11.4 Å². The molecule has 0 saturated heterocycles. The summed E-state index contributed by atoms with van der Waals surface area (Å²) in [5.41, 5.74) is 0.548. The number of nitrogens with zero attached hydrogens (tertiary/aromatic N) is 3. The summed E-state index contributed by atoms with van der Waals surface area (Å²) in [5, 5.41) is 6.93. The van der Waals surface area contributed by atoms with Gasteiger partial charge in [0.15, 0.2) is 10.6 Å². The minimum absolute atomic E-state index is 0.0358. The number of H-pyrrole nitrogens is 1. The summed E-state index contributed by atoms with van der Waals surface area (Å²) in [6, 6.07) is 3.64. The molecule has 0 atom stereocenters. The fourth-order valence-corrected chi connectivity index (χ4v) is 2.13. The van der Waals surface area contributed by atoms with Gasteiger partial charge in [0, 0.05) is 19.3 Å². The second kappa shape index (κ2) is 5.30. The first-order valence-electron chi connectivity index (χ1n) is 6.04. The standard InChI is InChI=1S/C12H16N4OS/c1-3-7-16-10(13-14-12(16)18)9-6-5-8-15(4-2)11(9)17/h5-6,8H,3-4,7H2,1-2H3,(H,14,18). The smallest absolute Gasteiger partial charge is 0.261 e. The Hall–Kier alpha value is -1.69. The Labute approximate surface area is 110 Å². The van der Waals surface area contributed by atoms with Gasteiger partial charge in [-0.05, 0) is 37.7 Å². The molecule has 2 aromatic heterocycles. The van der Waals surface area contributed by atoms with Crippen LogP contribution in [-0.4, -0.2) is 19.3 Å². The predicted octanol–water partition coefficient (Wildman–Crippen LogP) is 2.20. The Kier molecular flexibility index (Phi) is 3.76. The van der Waals surface area contributed by atoms with E-state index in [0.29, 0.717) is 22.7 Å². The van der Waals surface area contributed by atoms with Crippen molar-refractivity contribution >= 4 is 12.2 Å². The van der Waals surface area contributed by atoms with Crippen LogP contribution in [0.5, 0.6) is 0 Å². The third kappa shape index (κ3) is 2.15. The van der Waals surface area contributed by atoms with Crippen molar-refractivity contribution in [3.05, 3.63) is 33.5 Å². The van der Waals surface area contributed by atoms with E-state index in [0.717, 1.165) is 13.0 Å². The van der Waals surface area contributed by atoms with Crippen LogP contribution in [0.1, 0.15) is 20.3 Å². The van der Waals surface area contributed by atoms with E-state index in [9.17, 15) is 4.79 Å². The van der Waals surface area contributed by atoms with E-state index in [2.05, 4.69) is 17.1 Å². The van der Waals surface area contributed by atoms with Crippen molar-refractivity contribution in [2.75, 3.05) is 0 Å². The van der Waals surface area contributed by atoms with Gasteiger partial charge < -0.3 is 9.13 Å². The average Bonchev–Trinajstić information content (AvgIpc) is 2.72. The molecule has 5 nitrogen and oxygen atoms in total. The summed E-state index contributed by atoms with van der Waals surface area (Å²) < 4.78 is 4.08. The second-order valence-electron chi connectivity index (χ2n) is 4.02. The summed E-state index contributed by atoms with van der Waals surface area (Å²) in [5.74, 6) is 0.620. The van der Waals surface area contributed by atoms with Crippen molar-refractivity contribution in [3.8, 4) is 11.4 Å². The van der Waals surface area contributed by atoms with E-state index in [4.69, 9.17) is 12.2 Å². The van der Waals surface area contributed by atoms with Crippen molar-refractivity contribution in [2.24, 2.45) is 0 Å². The van der Waals surface area contributed by atoms with Gasteiger partial charge in [0.2, 0.25) is 0 Å². The molecule has 0 aliphatic rings. The van der Waals surface area contributed by atoms with Crippen LogP contribution in [0.15, 0.2) is 23.1 Å². The molecule has 0 radical (unpaired) electrons. The van der Waals surface area contributed by atoms with Crippen LogP contribution >= 0.6 is 12.2 Å². The zero-order chi connectivity index (χ0) is 13.1. The first-order chi connectivity index (χ1) is 8.69. The van der Waals surface area contributed by atoms with Crippen LogP contribution in [-0.2, 0) is 13.1 Å². The maximum Gasteiger partial charge on any atom is 0.261 e. The number of nitrogens with one attached hydrogen (secondary N) is 1. The van der Waals surface area contributed by atoms with Gasteiger partial charge in [-0.3, -0.25) is 9.89 Å². The molecule has 0 aromatic carbocycles. The minimum atomic E-state index is -0.0358. The van der Waals surface area contributed by atoms with Crippen LogP contribution < -0.4 is 5.56 Å². The Morgan fingerprint density at radius 1 is 1.44 bits per heavy atom. The molecular formula is C12H16N4OS. The van der Waals surface area contributed by atoms with E-state index < -0.39 is 0 Å². The molecule has 2 aromatic rings. The molecule has 0 aliphatic heterocycles. The van der Waals surface area contributed by atoms with Gasteiger partial charge in [-0.25, -0.2) is 0 Å². The topological polar surface area (TPSA) is 55.6 Å². The Balaban J connectivity index is 2.63. The third-order valence-corrected chi connectivity index (χ3v) is 3.12. The lowest BCUT2D eigenvalue weighted by molar-refractivity contribution is 0.671. The van der Waals surface area contributed by atoms with E-state index in [1.54, 1.807) is 16.8 Å². The Morgan fingerprint density at radius 2 is 2.22 bits per heavy atom. The number of hydrogen-bond acceptors (Lipinski definition) is 3. The highest BCUT2D eigenvalue weighted by atomic mass is 32.1. The van der Waals surface area contributed by atoms with Gasteiger partial charge in [0.25, 0.3) is 5.56 Å². The Bertz CT molecular complexity index is 653. The molecular weight excluding hydrogens is 248 g/mol. The monoisotopic (exact) mass is 264 g/mol. The summed E-state index contributed by atoms with van der Waals surface area (Å²) in [4.78, 5) is 12.2. The van der Waals surface area contributed by atoms with Gasteiger partial charge in [-0.1, -0.05) is 6.92 Å². The highest BCUT2D eigenvalue weighted by molar-refractivity contribution is 7.71. The van der Waals surface area contributed by atoms with E-state index in [1.165, 1.54) is 0 Å². The predicted molar refractivity (Wildman–Crippen MR) is 73.1 cm³/mol. The zero-order valence-electron chi connectivity index (χ0n) is 10.5. The molecule has 0 amide bonds. The fourth-order valence-electron chi connectivity index (χ4n) is 1.91. The molecule has 0 spiro atoms. The molecule has 0 aliphatic carbocycles. The van der Waals surface area contributed by atoms with Crippen molar-refractivity contribution in [1.82, 2.24) is 19.3 Å². The summed E-state index contributed by atoms with van der Waals surface area (Å²) in [6.45, 7) is 5.40. The normalized spacial score (nSPS) is 10.8. The first kappa shape index (κ1) is 12.8. The van der Waals surface area contributed by atoms with Crippen LogP contribution in [0, 0.1) is 4.77 Å².